The molecule has 0 N–H and O–H groups in total. The zero-order valence-corrected chi connectivity index (χ0v) is 19.9. The Balaban J connectivity index is 1.42. The number of rotatable bonds is 4. The zero-order chi connectivity index (χ0) is 24.1. The van der Waals surface area contributed by atoms with Crippen LogP contribution in [0.2, 0.25) is 0 Å². The van der Waals surface area contributed by atoms with Crippen LogP contribution < -0.4 is 0 Å². The van der Waals surface area contributed by atoms with Gasteiger partial charge in [0.2, 0.25) is 0 Å². The maximum Gasteiger partial charge on any atom is 0.164 e. The quantitative estimate of drug-likeness (QED) is 0.443. The molecule has 3 aliphatic heterocycles. The Morgan fingerprint density at radius 3 is 2.63 bits per heavy atom. The Morgan fingerprint density at radius 2 is 1.91 bits per heavy atom. The fraction of sp³-hybridized carbons (Fsp3) is 0.370. The molecule has 0 aliphatic carbocycles. The Labute approximate surface area is 203 Å². The number of nitriles is 1. The van der Waals surface area contributed by atoms with Gasteiger partial charge in [0.1, 0.15) is 29.1 Å². The van der Waals surface area contributed by atoms with Gasteiger partial charge in [0.15, 0.2) is 5.65 Å². The van der Waals surface area contributed by atoms with Crippen molar-refractivity contribution < 1.29 is 4.39 Å². The molecule has 3 saturated heterocycles. The highest BCUT2D eigenvalue weighted by molar-refractivity contribution is 5.79. The third kappa shape index (κ3) is 3.86. The smallest absolute Gasteiger partial charge is 0.164 e. The third-order valence-corrected chi connectivity index (χ3v) is 7.50. The van der Waals surface area contributed by atoms with E-state index in [1.165, 1.54) is 32.1 Å². The summed E-state index contributed by atoms with van der Waals surface area (Å²) >= 11 is 0. The van der Waals surface area contributed by atoms with Crippen molar-refractivity contribution in [3.63, 3.8) is 0 Å². The molecule has 8 heteroatoms. The molecule has 1 unspecified atom stereocenters. The monoisotopic (exact) mass is 467 g/mol. The minimum atomic E-state index is -0.210. The van der Waals surface area contributed by atoms with Gasteiger partial charge in [0.25, 0.3) is 0 Å². The van der Waals surface area contributed by atoms with Crippen LogP contribution in [0, 0.1) is 36.9 Å². The minimum absolute atomic E-state index is 0.210. The lowest BCUT2D eigenvalue weighted by Gasteiger charge is -2.45. The lowest BCUT2D eigenvalue weighted by molar-refractivity contribution is 0.0870. The highest BCUT2D eigenvalue weighted by atomic mass is 19.1. The highest BCUT2D eigenvalue weighted by Gasteiger charge is 2.35. The van der Waals surface area contributed by atoms with Crippen LogP contribution in [-0.2, 0) is 6.54 Å². The van der Waals surface area contributed by atoms with Crippen LogP contribution >= 0.6 is 0 Å². The van der Waals surface area contributed by atoms with Gasteiger partial charge in [-0.1, -0.05) is 12.1 Å². The molecule has 3 aromatic heterocycles. The van der Waals surface area contributed by atoms with Crippen LogP contribution in [-0.4, -0.2) is 49.0 Å². The molecule has 1 atom stereocenters. The number of aryl methyl sites for hydroxylation is 2. The van der Waals surface area contributed by atoms with Gasteiger partial charge in [-0.05, 0) is 69.3 Å². The first-order valence-electron chi connectivity index (χ1n) is 12.1. The predicted molar refractivity (Wildman–Crippen MR) is 130 cm³/mol. The van der Waals surface area contributed by atoms with E-state index in [4.69, 9.17) is 4.98 Å². The second-order valence-electron chi connectivity index (χ2n) is 9.72. The van der Waals surface area contributed by atoms with E-state index < -0.39 is 0 Å². The van der Waals surface area contributed by atoms with Gasteiger partial charge in [-0.2, -0.15) is 5.26 Å². The van der Waals surface area contributed by atoms with Crippen molar-refractivity contribution in [2.24, 2.45) is 5.92 Å². The van der Waals surface area contributed by atoms with E-state index in [9.17, 15) is 5.26 Å². The van der Waals surface area contributed by atoms with Gasteiger partial charge in [-0.15, -0.1) is 0 Å². The number of aromatic nitrogens is 5. The summed E-state index contributed by atoms with van der Waals surface area (Å²) in [5.41, 5.74) is 4.86. The van der Waals surface area contributed by atoms with Gasteiger partial charge < -0.3 is 9.47 Å². The summed E-state index contributed by atoms with van der Waals surface area (Å²) in [7, 11) is 0. The average molecular weight is 468 g/mol. The average Bonchev–Trinajstić information content (AvgIpc) is 3.24. The second-order valence-corrected chi connectivity index (χ2v) is 9.72. The maximum absolute atomic E-state index is 15.5. The number of halogens is 1. The van der Waals surface area contributed by atoms with E-state index in [0.717, 1.165) is 17.8 Å². The molecule has 176 valence electrons. The summed E-state index contributed by atoms with van der Waals surface area (Å²) in [5.74, 6) is 2.07. The Kier molecular flexibility index (Phi) is 5.30. The van der Waals surface area contributed by atoms with Crippen molar-refractivity contribution in [2.45, 2.75) is 39.2 Å². The Hall–Kier alpha value is -3.70. The normalized spacial score (nSPS) is 21.4. The van der Waals surface area contributed by atoms with Gasteiger partial charge in [-0.3, -0.25) is 4.98 Å². The van der Waals surface area contributed by atoms with Gasteiger partial charge >= 0.3 is 0 Å². The largest absolute Gasteiger partial charge is 0.304 e. The molecule has 4 aromatic rings. The maximum atomic E-state index is 15.5. The van der Waals surface area contributed by atoms with Crippen LogP contribution in [0.15, 0.2) is 36.7 Å². The van der Waals surface area contributed by atoms with Crippen molar-refractivity contribution in [1.82, 2.24) is 29.4 Å². The number of benzene rings is 1. The van der Waals surface area contributed by atoms with Gasteiger partial charge in [0.05, 0.1) is 17.8 Å². The second kappa shape index (κ2) is 8.51. The molecular formula is C27H26FN7. The number of pyridine rings is 1. The molecule has 0 spiro atoms. The fourth-order valence-electron chi connectivity index (χ4n) is 5.70. The van der Waals surface area contributed by atoms with E-state index in [0.29, 0.717) is 51.3 Å². The fourth-order valence-corrected chi connectivity index (χ4v) is 5.70. The molecule has 2 bridgehead atoms. The number of nitrogens with zero attached hydrogens (tertiary/aromatic N) is 7. The van der Waals surface area contributed by atoms with Crippen LogP contribution in [0.3, 0.4) is 0 Å². The van der Waals surface area contributed by atoms with E-state index in [1.54, 1.807) is 18.3 Å². The Bertz CT molecular complexity index is 1480. The lowest BCUT2D eigenvalue weighted by Crippen LogP contribution is -2.46. The molecule has 1 aromatic carbocycles. The van der Waals surface area contributed by atoms with Gasteiger partial charge in [0, 0.05) is 30.1 Å². The number of imidazole rings is 1. The Morgan fingerprint density at radius 1 is 1.09 bits per heavy atom. The molecule has 7 nitrogen and oxygen atoms in total. The first-order valence-corrected chi connectivity index (χ1v) is 12.1. The van der Waals surface area contributed by atoms with Gasteiger partial charge in [-0.25, -0.2) is 19.3 Å². The van der Waals surface area contributed by atoms with Crippen molar-refractivity contribution in [1.29, 1.82) is 5.26 Å². The molecule has 3 aliphatic rings. The third-order valence-electron chi connectivity index (χ3n) is 7.50. The predicted octanol–water partition coefficient (Wildman–Crippen LogP) is 4.37. The molecular weight excluding hydrogens is 441 g/mol. The lowest BCUT2D eigenvalue weighted by atomic mass is 9.75. The van der Waals surface area contributed by atoms with Crippen LogP contribution in [0.25, 0.3) is 22.6 Å². The molecule has 6 heterocycles. The van der Waals surface area contributed by atoms with Crippen molar-refractivity contribution in [2.75, 3.05) is 19.6 Å². The molecule has 7 rings (SSSR count). The van der Waals surface area contributed by atoms with Crippen molar-refractivity contribution in [3.8, 4) is 17.5 Å². The number of hydrogen-bond acceptors (Lipinski definition) is 6. The first kappa shape index (κ1) is 21.8. The number of piperidine rings is 3. The molecule has 0 saturated carbocycles. The summed E-state index contributed by atoms with van der Waals surface area (Å²) in [6, 6.07) is 9.59. The summed E-state index contributed by atoms with van der Waals surface area (Å²) < 4.78 is 17.4. The molecule has 35 heavy (non-hydrogen) atoms. The summed E-state index contributed by atoms with van der Waals surface area (Å²) in [6.07, 6.45) is 5.58. The van der Waals surface area contributed by atoms with Crippen LogP contribution in [0.1, 0.15) is 47.0 Å². The molecule has 0 amide bonds. The van der Waals surface area contributed by atoms with Crippen molar-refractivity contribution >= 4 is 11.2 Å². The summed E-state index contributed by atoms with van der Waals surface area (Å²) in [6.45, 7) is 7.36. The highest BCUT2D eigenvalue weighted by Crippen LogP contribution is 2.39. The number of fused-ring (bicyclic) bond motifs is 4. The minimum Gasteiger partial charge on any atom is -0.304 e. The summed E-state index contributed by atoms with van der Waals surface area (Å²) in [4.78, 5) is 20.6. The molecule has 3 fully saturated rings. The van der Waals surface area contributed by atoms with Crippen molar-refractivity contribution in [3.05, 3.63) is 70.7 Å². The van der Waals surface area contributed by atoms with Crippen LogP contribution in [0.5, 0.6) is 0 Å². The van der Waals surface area contributed by atoms with E-state index in [-0.39, 0.29) is 12.4 Å². The number of hydrogen-bond donors (Lipinski definition) is 0. The first-order chi connectivity index (χ1) is 17.0. The molecule has 0 radical (unpaired) electrons. The summed E-state index contributed by atoms with van der Waals surface area (Å²) in [5, 5.41) is 9.35. The van der Waals surface area contributed by atoms with E-state index in [2.05, 4.69) is 32.0 Å². The topological polar surface area (TPSA) is 83.5 Å². The van der Waals surface area contributed by atoms with E-state index in [1.807, 2.05) is 24.5 Å². The van der Waals surface area contributed by atoms with Crippen LogP contribution in [0.4, 0.5) is 4.39 Å². The zero-order valence-electron chi connectivity index (χ0n) is 19.9. The standard InChI is InChI=1S/C27H26FN7/c1-16-25-27(32-17(2)31-16)35(26(33-25)22-9-18(11-29)12-30-13-22)14-21-4-3-20(10-24(21)28)23-15-34-7-5-19(23)6-8-34/h3-4,9-10,12-13,19,23H,5-8,14-15H2,1-2H3. The van der Waals surface area contributed by atoms with E-state index >= 15 is 4.39 Å². The SMILES string of the molecule is Cc1nc(C)c2nc(-c3cncc(C#N)c3)n(Cc3ccc(C4CN5CCC4CC5)cc3F)c2n1.